The van der Waals surface area contributed by atoms with Gasteiger partial charge in [-0.3, -0.25) is 4.79 Å². The van der Waals surface area contributed by atoms with Crippen LogP contribution in [0.5, 0.6) is 0 Å². The Labute approximate surface area is 124 Å². The van der Waals surface area contributed by atoms with Gasteiger partial charge in [0.05, 0.1) is 0 Å². The predicted molar refractivity (Wildman–Crippen MR) is 83.5 cm³/mol. The molecule has 2 atom stereocenters. The lowest BCUT2D eigenvalue weighted by Gasteiger charge is -2.07. The lowest BCUT2D eigenvalue weighted by molar-refractivity contribution is 0.0945. The van der Waals surface area contributed by atoms with E-state index < -0.39 is 0 Å². The summed E-state index contributed by atoms with van der Waals surface area (Å²) in [5.41, 5.74) is 1.75. The average molecular weight is 281 g/mol. The fourth-order valence-corrected chi connectivity index (χ4v) is 2.51. The summed E-state index contributed by atoms with van der Waals surface area (Å²) in [6.07, 6.45) is 1.00. The van der Waals surface area contributed by atoms with Gasteiger partial charge >= 0.3 is 0 Å². The van der Waals surface area contributed by atoms with E-state index in [2.05, 4.69) is 27.8 Å². The van der Waals surface area contributed by atoms with E-state index in [0.29, 0.717) is 11.6 Å². The molecular formula is C17H19N3O. The average Bonchev–Trinajstić information content (AvgIpc) is 3.28. The minimum absolute atomic E-state index is 0.0989. The summed E-state index contributed by atoms with van der Waals surface area (Å²) in [4.78, 5) is 16.5. The van der Waals surface area contributed by atoms with Crippen LogP contribution in [0.25, 0.3) is 0 Å². The van der Waals surface area contributed by atoms with Gasteiger partial charge in [0.25, 0.3) is 5.91 Å². The molecule has 1 amide bonds. The second-order valence-electron chi connectivity index (χ2n) is 5.27. The number of benzene rings is 1. The molecule has 1 aromatic carbocycles. The standard InChI is InChI=1S/C17H19N3O/c1-2-18-16-10-6-9-14(19-16)17(21)20-15-11-13(15)12-7-4-3-5-8-12/h3-10,13,15H,2,11H2,1H3,(H,18,19)(H,20,21). The number of carbonyl (C=O) groups excluding carboxylic acids is 1. The van der Waals surface area contributed by atoms with Gasteiger partial charge < -0.3 is 10.6 Å². The molecule has 3 rings (SSSR count). The molecule has 4 heteroatoms. The zero-order valence-corrected chi connectivity index (χ0v) is 12.0. The van der Waals surface area contributed by atoms with Crippen LogP contribution in [0, 0.1) is 0 Å². The van der Waals surface area contributed by atoms with Crippen molar-refractivity contribution in [3.63, 3.8) is 0 Å². The van der Waals surface area contributed by atoms with E-state index in [1.54, 1.807) is 6.07 Å². The molecule has 0 spiro atoms. The van der Waals surface area contributed by atoms with Crippen molar-refractivity contribution >= 4 is 11.7 Å². The maximum Gasteiger partial charge on any atom is 0.270 e. The van der Waals surface area contributed by atoms with Crippen molar-refractivity contribution in [3.8, 4) is 0 Å². The van der Waals surface area contributed by atoms with Crippen molar-refractivity contribution in [1.82, 2.24) is 10.3 Å². The molecule has 108 valence electrons. The maximum absolute atomic E-state index is 12.2. The van der Waals surface area contributed by atoms with Crippen LogP contribution in [-0.2, 0) is 0 Å². The zero-order chi connectivity index (χ0) is 14.7. The van der Waals surface area contributed by atoms with Gasteiger partial charge in [0, 0.05) is 18.5 Å². The lowest BCUT2D eigenvalue weighted by Crippen LogP contribution is -2.27. The molecule has 2 aromatic rings. The molecule has 2 N–H and O–H groups in total. The van der Waals surface area contributed by atoms with E-state index in [9.17, 15) is 4.79 Å². The first-order valence-corrected chi connectivity index (χ1v) is 7.34. The molecule has 0 bridgehead atoms. The molecule has 1 aromatic heterocycles. The molecule has 21 heavy (non-hydrogen) atoms. The third-order valence-corrected chi connectivity index (χ3v) is 3.67. The quantitative estimate of drug-likeness (QED) is 0.886. The number of anilines is 1. The monoisotopic (exact) mass is 281 g/mol. The third kappa shape index (κ3) is 3.21. The molecule has 1 saturated carbocycles. The minimum Gasteiger partial charge on any atom is -0.370 e. The van der Waals surface area contributed by atoms with E-state index in [4.69, 9.17) is 0 Å². The van der Waals surface area contributed by atoms with Crippen LogP contribution >= 0.6 is 0 Å². The molecule has 0 radical (unpaired) electrons. The second kappa shape index (κ2) is 5.95. The summed E-state index contributed by atoms with van der Waals surface area (Å²) in [5, 5.41) is 6.17. The highest BCUT2D eigenvalue weighted by molar-refractivity contribution is 5.93. The van der Waals surface area contributed by atoms with Gasteiger partial charge in [-0.05, 0) is 31.0 Å². The van der Waals surface area contributed by atoms with Crippen LogP contribution in [0.3, 0.4) is 0 Å². The Balaban J connectivity index is 1.62. The first-order chi connectivity index (χ1) is 10.3. The number of amides is 1. The molecule has 1 fully saturated rings. The molecule has 1 heterocycles. The number of nitrogens with zero attached hydrogens (tertiary/aromatic N) is 1. The lowest BCUT2D eigenvalue weighted by atomic mass is 10.1. The number of aromatic nitrogens is 1. The highest BCUT2D eigenvalue weighted by atomic mass is 16.2. The van der Waals surface area contributed by atoms with Crippen LogP contribution < -0.4 is 10.6 Å². The Bertz CT molecular complexity index is 627. The number of carbonyl (C=O) groups is 1. The van der Waals surface area contributed by atoms with Gasteiger partial charge in [0.15, 0.2) is 0 Å². The number of rotatable bonds is 5. The van der Waals surface area contributed by atoms with Crippen molar-refractivity contribution in [1.29, 1.82) is 0 Å². The van der Waals surface area contributed by atoms with Crippen LogP contribution in [0.2, 0.25) is 0 Å². The van der Waals surface area contributed by atoms with E-state index in [-0.39, 0.29) is 11.9 Å². The summed E-state index contributed by atoms with van der Waals surface area (Å²) in [6.45, 7) is 2.79. The van der Waals surface area contributed by atoms with Gasteiger partial charge in [-0.15, -0.1) is 0 Å². The largest absolute Gasteiger partial charge is 0.370 e. The smallest absolute Gasteiger partial charge is 0.270 e. The van der Waals surface area contributed by atoms with Crippen LogP contribution in [0.15, 0.2) is 48.5 Å². The zero-order valence-electron chi connectivity index (χ0n) is 12.0. The van der Waals surface area contributed by atoms with Crippen molar-refractivity contribution in [2.24, 2.45) is 0 Å². The molecule has 1 aliphatic carbocycles. The molecule has 0 aliphatic heterocycles. The summed E-state index contributed by atoms with van der Waals surface area (Å²) in [5.74, 6) is 1.07. The number of nitrogens with one attached hydrogen (secondary N) is 2. The maximum atomic E-state index is 12.2. The highest BCUT2D eigenvalue weighted by Crippen LogP contribution is 2.40. The Morgan fingerprint density at radius 2 is 2.00 bits per heavy atom. The molecule has 1 aliphatic rings. The Kier molecular flexibility index (Phi) is 3.86. The molecular weight excluding hydrogens is 262 g/mol. The highest BCUT2D eigenvalue weighted by Gasteiger charge is 2.39. The fourth-order valence-electron chi connectivity index (χ4n) is 2.51. The first-order valence-electron chi connectivity index (χ1n) is 7.34. The van der Waals surface area contributed by atoms with Gasteiger partial charge in [-0.2, -0.15) is 0 Å². The van der Waals surface area contributed by atoms with Crippen molar-refractivity contribution in [3.05, 3.63) is 59.8 Å². The topological polar surface area (TPSA) is 54.0 Å². The van der Waals surface area contributed by atoms with Gasteiger partial charge in [0.1, 0.15) is 11.5 Å². The van der Waals surface area contributed by atoms with Crippen LogP contribution in [0.4, 0.5) is 5.82 Å². The Morgan fingerprint density at radius 3 is 2.76 bits per heavy atom. The molecule has 4 nitrogen and oxygen atoms in total. The third-order valence-electron chi connectivity index (χ3n) is 3.67. The predicted octanol–water partition coefficient (Wildman–Crippen LogP) is 2.80. The fraction of sp³-hybridized carbons (Fsp3) is 0.294. The second-order valence-corrected chi connectivity index (χ2v) is 5.27. The van der Waals surface area contributed by atoms with Crippen molar-refractivity contribution in [2.45, 2.75) is 25.3 Å². The number of pyridine rings is 1. The summed E-state index contributed by atoms with van der Waals surface area (Å²) < 4.78 is 0. The Morgan fingerprint density at radius 1 is 1.19 bits per heavy atom. The van der Waals surface area contributed by atoms with Crippen molar-refractivity contribution in [2.75, 3.05) is 11.9 Å². The summed E-state index contributed by atoms with van der Waals surface area (Å²) in [6, 6.07) is 16.0. The van der Waals surface area contributed by atoms with Crippen LogP contribution in [-0.4, -0.2) is 23.5 Å². The SMILES string of the molecule is CCNc1cccc(C(=O)NC2CC2c2ccccc2)n1. The van der Waals surface area contributed by atoms with E-state index in [1.807, 2.05) is 37.3 Å². The van der Waals surface area contributed by atoms with E-state index >= 15 is 0 Å². The van der Waals surface area contributed by atoms with Gasteiger partial charge in [-0.1, -0.05) is 36.4 Å². The normalized spacial score (nSPS) is 19.9. The van der Waals surface area contributed by atoms with Gasteiger partial charge in [-0.25, -0.2) is 4.98 Å². The van der Waals surface area contributed by atoms with E-state index in [0.717, 1.165) is 18.8 Å². The summed E-state index contributed by atoms with van der Waals surface area (Å²) in [7, 11) is 0. The molecule has 0 saturated heterocycles. The number of hydrogen-bond acceptors (Lipinski definition) is 3. The Hall–Kier alpha value is -2.36. The van der Waals surface area contributed by atoms with Gasteiger partial charge in [0.2, 0.25) is 0 Å². The summed E-state index contributed by atoms with van der Waals surface area (Å²) >= 11 is 0. The van der Waals surface area contributed by atoms with Crippen molar-refractivity contribution < 1.29 is 4.79 Å². The molecule has 2 unspecified atom stereocenters. The van der Waals surface area contributed by atoms with E-state index in [1.165, 1.54) is 5.56 Å². The first kappa shape index (κ1) is 13.6. The number of hydrogen-bond donors (Lipinski definition) is 2. The minimum atomic E-state index is -0.0989. The van der Waals surface area contributed by atoms with Crippen LogP contribution in [0.1, 0.15) is 35.3 Å².